The van der Waals surface area contributed by atoms with Crippen molar-refractivity contribution in [1.29, 1.82) is 0 Å². The van der Waals surface area contributed by atoms with Crippen LogP contribution in [0.3, 0.4) is 0 Å². The molecule has 1 amide bonds. The van der Waals surface area contributed by atoms with Crippen LogP contribution in [0.1, 0.15) is 15.9 Å². The molecule has 2 N–H and O–H groups in total. The topological polar surface area (TPSA) is 88.2 Å². The molecule has 0 atom stereocenters. The Morgan fingerprint density at radius 3 is 2.55 bits per heavy atom. The molecule has 0 unspecified atom stereocenters. The lowest BCUT2D eigenvalue weighted by atomic mass is 10.1. The summed E-state index contributed by atoms with van der Waals surface area (Å²) in [7, 11) is 0. The SMILES string of the molecule is FC(F)(F)c1cccc(-c2ncon2)c1.O=C(NCCO)c1cc(F)cc(Cl)c1. The Balaban J connectivity index is 0.000000208. The summed E-state index contributed by atoms with van der Waals surface area (Å²) in [5, 5.41) is 14.5. The molecule has 0 bridgehead atoms. The number of carbonyl (C=O) groups is 1. The van der Waals surface area contributed by atoms with Crippen LogP contribution in [0.4, 0.5) is 17.6 Å². The van der Waals surface area contributed by atoms with Gasteiger partial charge < -0.3 is 14.9 Å². The third-order valence-electron chi connectivity index (χ3n) is 3.33. The van der Waals surface area contributed by atoms with E-state index < -0.39 is 23.5 Å². The van der Waals surface area contributed by atoms with E-state index in [1.54, 1.807) is 0 Å². The second kappa shape index (κ2) is 9.99. The van der Waals surface area contributed by atoms with Crippen LogP contribution in [0, 0.1) is 5.82 Å². The molecule has 1 heterocycles. The van der Waals surface area contributed by atoms with E-state index in [4.69, 9.17) is 16.7 Å². The number of alkyl halides is 3. The number of carbonyl (C=O) groups excluding carboxylic acids is 1. The number of nitrogens with one attached hydrogen (secondary N) is 1. The van der Waals surface area contributed by atoms with E-state index in [0.717, 1.165) is 30.7 Å². The largest absolute Gasteiger partial charge is 0.416 e. The molecule has 0 fully saturated rings. The summed E-state index contributed by atoms with van der Waals surface area (Å²) in [6.07, 6.45) is -3.30. The maximum absolute atomic E-state index is 12.8. The number of rotatable bonds is 4. The highest BCUT2D eigenvalue weighted by atomic mass is 35.5. The van der Waals surface area contributed by atoms with E-state index in [9.17, 15) is 22.4 Å². The van der Waals surface area contributed by atoms with E-state index in [1.165, 1.54) is 18.2 Å². The normalized spacial score (nSPS) is 10.8. The molecule has 2 aromatic carbocycles. The van der Waals surface area contributed by atoms with Crippen molar-refractivity contribution in [3.05, 3.63) is 70.8 Å². The summed E-state index contributed by atoms with van der Waals surface area (Å²) < 4.78 is 54.3. The van der Waals surface area contributed by atoms with Crippen LogP contribution in [0.2, 0.25) is 5.02 Å². The van der Waals surface area contributed by atoms with Crippen molar-refractivity contribution in [3.8, 4) is 11.4 Å². The van der Waals surface area contributed by atoms with E-state index >= 15 is 0 Å². The molecule has 0 aliphatic rings. The smallest absolute Gasteiger partial charge is 0.395 e. The first-order chi connectivity index (χ1) is 13.7. The summed E-state index contributed by atoms with van der Waals surface area (Å²) in [5.74, 6) is -0.881. The van der Waals surface area contributed by atoms with Gasteiger partial charge in [-0.05, 0) is 30.3 Å². The first-order valence-corrected chi connectivity index (χ1v) is 8.37. The van der Waals surface area contributed by atoms with Gasteiger partial charge in [0.05, 0.1) is 12.2 Å². The number of aliphatic hydroxyl groups is 1. The number of nitrogens with zero attached hydrogens (tertiary/aromatic N) is 2. The second-order valence-corrected chi connectivity index (χ2v) is 5.91. The molecule has 1 aromatic heterocycles. The van der Waals surface area contributed by atoms with Gasteiger partial charge in [0.25, 0.3) is 5.91 Å². The molecule has 0 aliphatic carbocycles. The summed E-state index contributed by atoms with van der Waals surface area (Å²) in [6.45, 7) is -0.0260. The minimum atomic E-state index is -4.36. The summed E-state index contributed by atoms with van der Waals surface area (Å²) in [6, 6.07) is 8.31. The van der Waals surface area contributed by atoms with Gasteiger partial charge in [0.15, 0.2) is 0 Å². The fourth-order valence-corrected chi connectivity index (χ4v) is 2.31. The third-order valence-corrected chi connectivity index (χ3v) is 3.55. The quantitative estimate of drug-likeness (QED) is 0.610. The van der Waals surface area contributed by atoms with Gasteiger partial charge >= 0.3 is 6.18 Å². The van der Waals surface area contributed by atoms with E-state index in [-0.39, 0.29) is 35.1 Å². The lowest BCUT2D eigenvalue weighted by Gasteiger charge is -2.06. The molecule has 0 radical (unpaired) electrons. The van der Waals surface area contributed by atoms with Crippen LogP contribution >= 0.6 is 11.6 Å². The molecule has 154 valence electrons. The van der Waals surface area contributed by atoms with E-state index in [0.29, 0.717) is 0 Å². The number of aliphatic hydroxyl groups excluding tert-OH is 1. The molecule has 0 spiro atoms. The van der Waals surface area contributed by atoms with Crippen LogP contribution in [0.5, 0.6) is 0 Å². The monoisotopic (exact) mass is 431 g/mol. The van der Waals surface area contributed by atoms with Crippen LogP contribution in [-0.2, 0) is 6.18 Å². The average molecular weight is 432 g/mol. The van der Waals surface area contributed by atoms with Crippen molar-refractivity contribution < 1.29 is 32.0 Å². The first-order valence-electron chi connectivity index (χ1n) is 8.00. The molecule has 3 aromatic rings. The number of hydrogen-bond donors (Lipinski definition) is 2. The van der Waals surface area contributed by atoms with Gasteiger partial charge in [-0.25, -0.2) is 4.39 Å². The van der Waals surface area contributed by atoms with Gasteiger partial charge in [-0.3, -0.25) is 4.79 Å². The zero-order valence-corrected chi connectivity index (χ0v) is 15.3. The van der Waals surface area contributed by atoms with Crippen LogP contribution in [0.15, 0.2) is 53.4 Å². The average Bonchev–Trinajstić information content (AvgIpc) is 3.20. The molecule has 11 heteroatoms. The molecule has 0 saturated carbocycles. The minimum Gasteiger partial charge on any atom is -0.395 e. The number of hydrogen-bond acceptors (Lipinski definition) is 5. The van der Waals surface area contributed by atoms with Crippen LogP contribution in [0.25, 0.3) is 11.4 Å². The summed E-state index contributed by atoms with van der Waals surface area (Å²) >= 11 is 5.56. The maximum Gasteiger partial charge on any atom is 0.416 e. The molecule has 3 rings (SSSR count). The third kappa shape index (κ3) is 6.84. The van der Waals surface area contributed by atoms with Crippen molar-refractivity contribution in [3.63, 3.8) is 0 Å². The molecule has 0 saturated heterocycles. The van der Waals surface area contributed by atoms with Gasteiger partial charge in [0.2, 0.25) is 12.2 Å². The van der Waals surface area contributed by atoms with E-state index in [2.05, 4.69) is 20.0 Å². The van der Waals surface area contributed by atoms with Gasteiger partial charge in [-0.15, -0.1) is 0 Å². The zero-order chi connectivity index (χ0) is 21.4. The number of amides is 1. The highest BCUT2D eigenvalue weighted by Gasteiger charge is 2.30. The molecular weight excluding hydrogens is 418 g/mol. The Morgan fingerprint density at radius 1 is 1.21 bits per heavy atom. The molecule has 6 nitrogen and oxygen atoms in total. The summed E-state index contributed by atoms with van der Waals surface area (Å²) in [4.78, 5) is 14.9. The number of benzene rings is 2. The fourth-order valence-electron chi connectivity index (χ4n) is 2.09. The Bertz CT molecular complexity index is 930. The lowest BCUT2D eigenvalue weighted by molar-refractivity contribution is -0.137. The van der Waals surface area contributed by atoms with Crippen molar-refractivity contribution in [1.82, 2.24) is 15.5 Å². The predicted molar refractivity (Wildman–Crippen MR) is 95.6 cm³/mol. The van der Waals surface area contributed by atoms with Crippen molar-refractivity contribution in [2.24, 2.45) is 0 Å². The highest BCUT2D eigenvalue weighted by molar-refractivity contribution is 6.31. The Labute approximate surface area is 167 Å². The van der Waals surface area contributed by atoms with Crippen molar-refractivity contribution in [2.75, 3.05) is 13.2 Å². The van der Waals surface area contributed by atoms with Gasteiger partial charge in [0.1, 0.15) is 5.82 Å². The zero-order valence-electron chi connectivity index (χ0n) is 14.6. The molecular formula is C18H14ClF4N3O3. The Kier molecular flexibility index (Phi) is 7.68. The second-order valence-electron chi connectivity index (χ2n) is 5.47. The van der Waals surface area contributed by atoms with Crippen LogP contribution in [-0.4, -0.2) is 34.3 Å². The van der Waals surface area contributed by atoms with Gasteiger partial charge in [-0.1, -0.05) is 28.9 Å². The lowest BCUT2D eigenvalue weighted by Crippen LogP contribution is -2.26. The summed E-state index contributed by atoms with van der Waals surface area (Å²) in [5.41, 5.74) is -0.313. The van der Waals surface area contributed by atoms with Crippen molar-refractivity contribution in [2.45, 2.75) is 6.18 Å². The standard InChI is InChI=1S/C9H9ClFNO2.C9H5F3N2O/c10-7-3-6(4-8(11)5-7)9(14)12-1-2-13;10-9(11,12)7-3-1-2-6(4-7)8-13-5-15-14-8/h3-5,13H,1-2H2,(H,12,14);1-5H. The highest BCUT2D eigenvalue weighted by Crippen LogP contribution is 2.31. The van der Waals surface area contributed by atoms with Crippen molar-refractivity contribution >= 4 is 17.5 Å². The Morgan fingerprint density at radius 2 is 1.97 bits per heavy atom. The fraction of sp³-hybridized carbons (Fsp3) is 0.167. The molecule has 29 heavy (non-hydrogen) atoms. The first kappa shape index (κ1) is 22.3. The van der Waals surface area contributed by atoms with Gasteiger partial charge in [-0.2, -0.15) is 18.2 Å². The predicted octanol–water partition coefficient (Wildman–Crippen LogP) is 3.96. The van der Waals surface area contributed by atoms with Gasteiger partial charge in [0, 0.05) is 22.7 Å². The van der Waals surface area contributed by atoms with Crippen LogP contribution < -0.4 is 5.32 Å². The number of aromatic nitrogens is 2. The maximum atomic E-state index is 12.8. The molecule has 0 aliphatic heterocycles. The minimum absolute atomic E-state index is 0.132. The Hall–Kier alpha value is -2.98. The number of halogens is 5. The van der Waals surface area contributed by atoms with E-state index in [1.807, 2.05) is 0 Å².